The van der Waals surface area contributed by atoms with E-state index in [4.69, 9.17) is 9.47 Å². The summed E-state index contributed by atoms with van der Waals surface area (Å²) in [6.07, 6.45) is 2.26. The molecule has 1 N–H and O–H groups in total. The van der Waals surface area contributed by atoms with Crippen LogP contribution in [-0.2, 0) is 14.3 Å². The van der Waals surface area contributed by atoms with Crippen molar-refractivity contribution in [3.05, 3.63) is 11.8 Å². The Bertz CT molecular complexity index is 237. The first-order valence-electron chi connectivity index (χ1n) is 3.95. The van der Waals surface area contributed by atoms with E-state index >= 15 is 0 Å². The Hall–Kier alpha value is -1.03. The van der Waals surface area contributed by atoms with Gasteiger partial charge in [0.1, 0.15) is 5.76 Å². The molecule has 4 nitrogen and oxygen atoms in total. The molecule has 0 aromatic heterocycles. The van der Waals surface area contributed by atoms with Crippen molar-refractivity contribution in [3.8, 4) is 0 Å². The standard InChI is InChI=1S/C8H10O4/c9-6-5-7(10)12-8(6)1-3-11-4-2-8/h5,9H,1-4H2. The van der Waals surface area contributed by atoms with Gasteiger partial charge in [-0.25, -0.2) is 4.79 Å². The molecule has 0 aromatic carbocycles. The average Bonchev–Trinajstić information content (AvgIpc) is 2.29. The van der Waals surface area contributed by atoms with Gasteiger partial charge in [0, 0.05) is 12.8 Å². The molecule has 66 valence electrons. The lowest BCUT2D eigenvalue weighted by Gasteiger charge is -2.31. The zero-order valence-corrected chi connectivity index (χ0v) is 6.58. The van der Waals surface area contributed by atoms with Gasteiger partial charge in [0.05, 0.1) is 19.3 Å². The molecule has 2 heterocycles. The third-order valence-electron chi connectivity index (χ3n) is 2.32. The third kappa shape index (κ3) is 0.992. The molecule has 0 saturated carbocycles. The van der Waals surface area contributed by atoms with Crippen molar-refractivity contribution in [2.75, 3.05) is 13.2 Å². The summed E-state index contributed by atoms with van der Waals surface area (Å²) in [4.78, 5) is 10.8. The molecule has 0 amide bonds. The molecular formula is C8H10O4. The molecular weight excluding hydrogens is 160 g/mol. The van der Waals surface area contributed by atoms with E-state index in [1.807, 2.05) is 0 Å². The van der Waals surface area contributed by atoms with Gasteiger partial charge in [0.2, 0.25) is 0 Å². The van der Waals surface area contributed by atoms with E-state index in [1.54, 1.807) is 0 Å². The zero-order chi connectivity index (χ0) is 8.60. The molecule has 1 spiro atoms. The minimum absolute atomic E-state index is 0.0517. The summed E-state index contributed by atoms with van der Waals surface area (Å²) in [7, 11) is 0. The van der Waals surface area contributed by atoms with Crippen molar-refractivity contribution in [1.82, 2.24) is 0 Å². The van der Waals surface area contributed by atoms with Crippen molar-refractivity contribution >= 4 is 5.97 Å². The van der Waals surface area contributed by atoms with Crippen LogP contribution < -0.4 is 0 Å². The first-order valence-corrected chi connectivity index (χ1v) is 3.95. The van der Waals surface area contributed by atoms with Crippen molar-refractivity contribution < 1.29 is 19.4 Å². The maximum Gasteiger partial charge on any atom is 0.335 e. The van der Waals surface area contributed by atoms with Crippen LogP contribution in [0.2, 0.25) is 0 Å². The molecule has 0 radical (unpaired) electrons. The van der Waals surface area contributed by atoms with Crippen LogP contribution >= 0.6 is 0 Å². The normalized spacial score (nSPS) is 27.0. The lowest BCUT2D eigenvalue weighted by Crippen LogP contribution is -2.38. The Morgan fingerprint density at radius 2 is 2.08 bits per heavy atom. The maximum absolute atomic E-state index is 10.8. The van der Waals surface area contributed by atoms with E-state index in [0.717, 1.165) is 6.08 Å². The van der Waals surface area contributed by atoms with E-state index < -0.39 is 11.6 Å². The number of aliphatic hydroxyl groups excluding tert-OH is 1. The summed E-state index contributed by atoms with van der Waals surface area (Å²) < 4.78 is 10.2. The van der Waals surface area contributed by atoms with Gasteiger partial charge >= 0.3 is 5.97 Å². The fourth-order valence-electron chi connectivity index (χ4n) is 1.58. The summed E-state index contributed by atoms with van der Waals surface area (Å²) in [6, 6.07) is 0. The average molecular weight is 170 g/mol. The van der Waals surface area contributed by atoms with Crippen LogP contribution in [0.15, 0.2) is 11.8 Å². The van der Waals surface area contributed by atoms with E-state index in [9.17, 15) is 9.90 Å². The van der Waals surface area contributed by atoms with E-state index in [2.05, 4.69) is 0 Å². The molecule has 0 atom stereocenters. The highest BCUT2D eigenvalue weighted by Crippen LogP contribution is 2.35. The van der Waals surface area contributed by atoms with Gasteiger partial charge in [-0.15, -0.1) is 0 Å². The smallest absolute Gasteiger partial charge is 0.335 e. The van der Waals surface area contributed by atoms with Crippen LogP contribution in [0.3, 0.4) is 0 Å². The molecule has 2 rings (SSSR count). The molecule has 0 aliphatic carbocycles. The number of carbonyl (C=O) groups is 1. The quantitative estimate of drug-likeness (QED) is 0.539. The molecule has 0 aromatic rings. The minimum atomic E-state index is -0.755. The highest BCUT2D eigenvalue weighted by atomic mass is 16.6. The number of rotatable bonds is 0. The van der Waals surface area contributed by atoms with E-state index in [1.165, 1.54) is 0 Å². The molecule has 0 unspecified atom stereocenters. The topological polar surface area (TPSA) is 55.8 Å². The lowest BCUT2D eigenvalue weighted by molar-refractivity contribution is -0.155. The van der Waals surface area contributed by atoms with Crippen molar-refractivity contribution in [3.63, 3.8) is 0 Å². The van der Waals surface area contributed by atoms with Crippen molar-refractivity contribution in [2.45, 2.75) is 18.4 Å². The second-order valence-electron chi connectivity index (χ2n) is 3.06. The van der Waals surface area contributed by atoms with Gasteiger partial charge in [-0.3, -0.25) is 0 Å². The molecule has 0 bridgehead atoms. The van der Waals surface area contributed by atoms with Crippen LogP contribution in [0, 0.1) is 0 Å². The zero-order valence-electron chi connectivity index (χ0n) is 6.58. The predicted molar refractivity (Wildman–Crippen MR) is 39.6 cm³/mol. The number of carbonyl (C=O) groups excluding carboxylic acids is 1. The lowest BCUT2D eigenvalue weighted by atomic mass is 9.93. The first kappa shape index (κ1) is 7.61. The van der Waals surface area contributed by atoms with Crippen LogP contribution in [0.1, 0.15) is 12.8 Å². The minimum Gasteiger partial charge on any atom is -0.508 e. The number of hydrogen-bond donors (Lipinski definition) is 1. The number of hydrogen-bond acceptors (Lipinski definition) is 4. The van der Waals surface area contributed by atoms with Gasteiger partial charge in [0.25, 0.3) is 0 Å². The molecule has 1 saturated heterocycles. The van der Waals surface area contributed by atoms with Crippen LogP contribution in [0.25, 0.3) is 0 Å². The Morgan fingerprint density at radius 1 is 1.42 bits per heavy atom. The molecule has 2 aliphatic heterocycles. The van der Waals surface area contributed by atoms with Crippen LogP contribution in [0.4, 0.5) is 0 Å². The summed E-state index contributed by atoms with van der Waals surface area (Å²) in [6.45, 7) is 1.07. The second kappa shape index (κ2) is 2.48. The fraction of sp³-hybridized carbons (Fsp3) is 0.625. The molecule has 2 aliphatic rings. The Balaban J connectivity index is 2.21. The molecule has 1 fully saturated rings. The second-order valence-corrected chi connectivity index (χ2v) is 3.06. The van der Waals surface area contributed by atoms with E-state index in [0.29, 0.717) is 26.1 Å². The Labute approximate surface area is 69.8 Å². The summed E-state index contributed by atoms with van der Waals surface area (Å²) >= 11 is 0. The van der Waals surface area contributed by atoms with Crippen LogP contribution in [0.5, 0.6) is 0 Å². The SMILES string of the molecule is O=C1C=C(O)C2(CCOCC2)O1. The van der Waals surface area contributed by atoms with Gasteiger partial charge in [0.15, 0.2) is 5.60 Å². The van der Waals surface area contributed by atoms with Gasteiger partial charge in [-0.1, -0.05) is 0 Å². The summed E-state index contributed by atoms with van der Waals surface area (Å²) in [5.41, 5.74) is -0.755. The summed E-state index contributed by atoms with van der Waals surface area (Å²) in [5, 5.41) is 9.43. The number of ether oxygens (including phenoxy) is 2. The van der Waals surface area contributed by atoms with Gasteiger partial charge < -0.3 is 14.6 Å². The molecule has 12 heavy (non-hydrogen) atoms. The van der Waals surface area contributed by atoms with Gasteiger partial charge in [-0.05, 0) is 0 Å². The van der Waals surface area contributed by atoms with Gasteiger partial charge in [-0.2, -0.15) is 0 Å². The highest BCUT2D eigenvalue weighted by molar-refractivity contribution is 5.86. The number of aliphatic hydroxyl groups is 1. The Morgan fingerprint density at radius 3 is 2.58 bits per heavy atom. The number of esters is 1. The predicted octanol–water partition coefficient (Wildman–Crippen LogP) is 0.534. The molecule has 4 heteroatoms. The fourth-order valence-corrected chi connectivity index (χ4v) is 1.58. The maximum atomic E-state index is 10.8. The van der Waals surface area contributed by atoms with Crippen molar-refractivity contribution in [1.29, 1.82) is 0 Å². The summed E-state index contributed by atoms with van der Waals surface area (Å²) in [5.74, 6) is -0.398. The third-order valence-corrected chi connectivity index (χ3v) is 2.32. The highest BCUT2D eigenvalue weighted by Gasteiger charge is 2.44. The monoisotopic (exact) mass is 170 g/mol. The largest absolute Gasteiger partial charge is 0.508 e. The Kier molecular flexibility index (Phi) is 1.58. The first-order chi connectivity index (χ1) is 5.73. The van der Waals surface area contributed by atoms with Crippen molar-refractivity contribution in [2.24, 2.45) is 0 Å². The van der Waals surface area contributed by atoms with Crippen LogP contribution in [-0.4, -0.2) is 29.9 Å². The van der Waals surface area contributed by atoms with E-state index in [-0.39, 0.29) is 5.76 Å².